The summed E-state index contributed by atoms with van der Waals surface area (Å²) >= 11 is 12.8. The van der Waals surface area contributed by atoms with E-state index in [0.717, 1.165) is 71.0 Å². The Morgan fingerprint density at radius 1 is 0.784 bits per heavy atom. The van der Waals surface area contributed by atoms with Crippen molar-refractivity contribution < 1.29 is 4.79 Å². The first-order valence-electron chi connectivity index (χ1n) is 16.9. The minimum atomic E-state index is -0.291. The molecule has 0 bridgehead atoms. The van der Waals surface area contributed by atoms with Gasteiger partial charge in [0.15, 0.2) is 5.82 Å². The maximum atomic E-state index is 14.6. The summed E-state index contributed by atoms with van der Waals surface area (Å²) in [6.45, 7) is 5.35. The van der Waals surface area contributed by atoms with Crippen LogP contribution in [0.25, 0.3) is 33.4 Å². The van der Waals surface area contributed by atoms with E-state index in [4.69, 9.17) is 33.2 Å². The zero-order chi connectivity index (χ0) is 34.9. The molecule has 1 amide bonds. The van der Waals surface area contributed by atoms with Crippen LogP contribution in [0.3, 0.4) is 0 Å². The number of benzene rings is 4. The second-order valence-electron chi connectivity index (χ2n) is 12.6. The van der Waals surface area contributed by atoms with Crippen molar-refractivity contribution in [2.45, 2.75) is 13.0 Å². The molecule has 0 spiro atoms. The Kier molecular flexibility index (Phi) is 8.94. The van der Waals surface area contributed by atoms with Gasteiger partial charge in [0.05, 0.1) is 29.4 Å². The first kappa shape index (κ1) is 32.6. The number of carbonyl (C=O) groups is 1. The van der Waals surface area contributed by atoms with Crippen molar-refractivity contribution >= 4 is 57.2 Å². The summed E-state index contributed by atoms with van der Waals surface area (Å²) < 4.78 is 2.13. The molecule has 10 heteroatoms. The summed E-state index contributed by atoms with van der Waals surface area (Å²) in [6, 6.07) is 37.6. The smallest absolute Gasteiger partial charge is 0.272 e. The van der Waals surface area contributed by atoms with Crippen molar-refractivity contribution in [2.75, 3.05) is 41.3 Å². The molecule has 7 aromatic rings. The van der Waals surface area contributed by atoms with Gasteiger partial charge in [-0.1, -0.05) is 89.9 Å². The largest absolute Gasteiger partial charge is 0.368 e. The first-order chi connectivity index (χ1) is 24.9. The number of hydrogen-bond acceptors (Lipinski definition) is 5. The van der Waals surface area contributed by atoms with Crippen LogP contribution in [-0.4, -0.2) is 51.6 Å². The van der Waals surface area contributed by atoms with Crippen LogP contribution in [0.5, 0.6) is 0 Å². The summed E-state index contributed by atoms with van der Waals surface area (Å²) in [6.07, 6.45) is 3.62. The fourth-order valence-electron chi connectivity index (χ4n) is 6.94. The average molecular weight is 713 g/mol. The predicted octanol–water partition coefficient (Wildman–Crippen LogP) is 9.59. The lowest BCUT2D eigenvalue weighted by Gasteiger charge is -2.37. The van der Waals surface area contributed by atoms with E-state index in [2.05, 4.69) is 55.9 Å². The summed E-state index contributed by atoms with van der Waals surface area (Å²) in [7, 11) is 0. The maximum Gasteiger partial charge on any atom is 0.272 e. The van der Waals surface area contributed by atoms with Crippen LogP contribution in [-0.2, 0) is 0 Å². The fraction of sp³-hybridized carbons (Fsp3) is 0.146. The Bertz CT molecular complexity index is 2310. The molecule has 3 aromatic heterocycles. The van der Waals surface area contributed by atoms with Gasteiger partial charge in [0.25, 0.3) is 5.91 Å². The normalized spacial score (nSPS) is 13.8. The number of imidazole rings is 1. The third kappa shape index (κ3) is 6.44. The van der Waals surface area contributed by atoms with Crippen LogP contribution in [0.2, 0.25) is 10.0 Å². The highest BCUT2D eigenvalue weighted by atomic mass is 35.5. The van der Waals surface area contributed by atoms with Gasteiger partial charge in [0, 0.05) is 70.1 Å². The number of para-hydroxylation sites is 1. The fourth-order valence-corrected chi connectivity index (χ4v) is 7.24. The second kappa shape index (κ2) is 14.0. The number of fused-ring (bicyclic) bond motifs is 1. The Morgan fingerprint density at radius 2 is 1.47 bits per heavy atom. The molecule has 4 heterocycles. The van der Waals surface area contributed by atoms with Crippen molar-refractivity contribution in [3.8, 4) is 22.5 Å². The summed E-state index contributed by atoms with van der Waals surface area (Å²) in [5.41, 5.74) is 7.30. The number of anilines is 3. The number of amides is 1. The zero-order valence-corrected chi connectivity index (χ0v) is 29.4. The molecular weight excluding hydrogens is 677 g/mol. The molecule has 8 rings (SSSR count). The molecule has 1 saturated heterocycles. The van der Waals surface area contributed by atoms with Crippen LogP contribution in [0, 0.1) is 0 Å². The van der Waals surface area contributed by atoms with E-state index in [1.807, 2.05) is 97.3 Å². The molecule has 0 radical (unpaired) electrons. The SMILES string of the molecule is CC(c1ccc(Cl)cc1)n1cnc(-c2ccccc2)c1-c1c(C(=O)Nc2cccnc2N2CCN(c3ccccc3)CC2)[nH]c2cc(Cl)ccc12. The van der Waals surface area contributed by atoms with Crippen LogP contribution >= 0.6 is 23.2 Å². The van der Waals surface area contributed by atoms with Crippen LogP contribution in [0.1, 0.15) is 29.0 Å². The quantitative estimate of drug-likeness (QED) is 0.164. The minimum Gasteiger partial charge on any atom is -0.368 e. The molecule has 0 aliphatic carbocycles. The maximum absolute atomic E-state index is 14.6. The lowest BCUT2D eigenvalue weighted by molar-refractivity contribution is 0.102. The number of aromatic nitrogens is 4. The summed E-state index contributed by atoms with van der Waals surface area (Å²) in [5.74, 6) is 0.450. The molecule has 1 aliphatic heterocycles. The van der Waals surface area contributed by atoms with Crippen LogP contribution < -0.4 is 15.1 Å². The number of rotatable bonds is 8. The third-order valence-electron chi connectivity index (χ3n) is 9.57. The molecule has 1 fully saturated rings. The molecular formula is C41H35Cl2N7O. The van der Waals surface area contributed by atoms with E-state index in [9.17, 15) is 4.79 Å². The van der Waals surface area contributed by atoms with E-state index in [0.29, 0.717) is 21.4 Å². The van der Waals surface area contributed by atoms with Gasteiger partial charge in [0.1, 0.15) is 5.69 Å². The monoisotopic (exact) mass is 711 g/mol. The van der Waals surface area contributed by atoms with Crippen molar-refractivity contribution in [1.29, 1.82) is 0 Å². The Hall–Kier alpha value is -5.57. The van der Waals surface area contributed by atoms with E-state index in [1.54, 1.807) is 6.20 Å². The molecule has 51 heavy (non-hydrogen) atoms. The average Bonchev–Trinajstić information content (AvgIpc) is 3.77. The Balaban J connectivity index is 1.20. The molecule has 4 aromatic carbocycles. The van der Waals surface area contributed by atoms with Crippen LogP contribution in [0.15, 0.2) is 128 Å². The highest BCUT2D eigenvalue weighted by Crippen LogP contribution is 2.42. The van der Waals surface area contributed by atoms with Gasteiger partial charge in [0.2, 0.25) is 0 Å². The Labute approximate surface area is 306 Å². The minimum absolute atomic E-state index is 0.130. The zero-order valence-electron chi connectivity index (χ0n) is 27.9. The number of aromatic amines is 1. The van der Waals surface area contributed by atoms with Gasteiger partial charge in [-0.2, -0.15) is 0 Å². The van der Waals surface area contributed by atoms with E-state index in [1.165, 1.54) is 5.69 Å². The topological polar surface area (TPSA) is 82.1 Å². The van der Waals surface area contributed by atoms with E-state index in [-0.39, 0.29) is 11.9 Å². The molecule has 2 N–H and O–H groups in total. The molecule has 1 aliphatic rings. The number of carbonyl (C=O) groups excluding carboxylic acids is 1. The molecule has 0 saturated carbocycles. The summed E-state index contributed by atoms with van der Waals surface area (Å²) in [5, 5.41) is 5.32. The highest BCUT2D eigenvalue weighted by Gasteiger charge is 2.29. The molecule has 1 atom stereocenters. The standard InChI is InChI=1S/C41H35Cl2N7O/c1-27(28-14-16-30(42)17-15-28)50-26-45-37(29-9-4-2-5-10-29)39(50)36-33-19-18-31(43)25-35(33)46-38(36)41(51)47-34-13-8-20-44-40(34)49-23-21-48(22-24-49)32-11-6-3-7-12-32/h2-20,25-27,46H,21-24H2,1H3,(H,47,51). The number of pyridine rings is 1. The second-order valence-corrected chi connectivity index (χ2v) is 13.5. The first-order valence-corrected chi connectivity index (χ1v) is 17.7. The van der Waals surface area contributed by atoms with Crippen molar-refractivity contribution in [3.63, 3.8) is 0 Å². The molecule has 8 nitrogen and oxygen atoms in total. The number of piperazine rings is 1. The number of H-pyrrole nitrogens is 1. The van der Waals surface area contributed by atoms with Gasteiger partial charge >= 0.3 is 0 Å². The Morgan fingerprint density at radius 3 is 2.22 bits per heavy atom. The lowest BCUT2D eigenvalue weighted by Crippen LogP contribution is -2.47. The van der Waals surface area contributed by atoms with E-state index < -0.39 is 0 Å². The van der Waals surface area contributed by atoms with Gasteiger partial charge < -0.3 is 24.7 Å². The highest BCUT2D eigenvalue weighted by molar-refractivity contribution is 6.31. The van der Waals surface area contributed by atoms with Gasteiger partial charge in [-0.25, -0.2) is 9.97 Å². The van der Waals surface area contributed by atoms with Crippen molar-refractivity contribution in [2.24, 2.45) is 0 Å². The lowest BCUT2D eigenvalue weighted by atomic mass is 9.99. The van der Waals surface area contributed by atoms with Crippen LogP contribution in [0.4, 0.5) is 17.2 Å². The molecule has 1 unspecified atom stereocenters. The van der Waals surface area contributed by atoms with Crippen molar-refractivity contribution in [3.05, 3.63) is 149 Å². The van der Waals surface area contributed by atoms with Gasteiger partial charge in [-0.05, 0) is 61.0 Å². The van der Waals surface area contributed by atoms with E-state index >= 15 is 0 Å². The molecule has 254 valence electrons. The number of nitrogens with one attached hydrogen (secondary N) is 2. The predicted molar refractivity (Wildman–Crippen MR) is 208 cm³/mol. The third-order valence-corrected chi connectivity index (χ3v) is 10.1. The van der Waals surface area contributed by atoms with Gasteiger partial charge in [-0.3, -0.25) is 4.79 Å². The summed E-state index contributed by atoms with van der Waals surface area (Å²) in [4.78, 5) is 32.4. The van der Waals surface area contributed by atoms with Crippen molar-refractivity contribution in [1.82, 2.24) is 19.5 Å². The number of nitrogens with zero attached hydrogens (tertiary/aromatic N) is 5. The number of hydrogen-bond donors (Lipinski definition) is 2. The number of halogens is 2. The van der Waals surface area contributed by atoms with Gasteiger partial charge in [-0.15, -0.1) is 0 Å².